The third-order valence-electron chi connectivity index (χ3n) is 2.80. The number of hydrogen-bond donors (Lipinski definition) is 0. The Morgan fingerprint density at radius 3 is 2.76 bits per heavy atom. The Kier molecular flexibility index (Phi) is 5.59. The Hall–Kier alpha value is -1.59. The van der Waals surface area contributed by atoms with Crippen molar-refractivity contribution in [3.8, 4) is 5.75 Å². The molecule has 0 atom stereocenters. The van der Waals surface area contributed by atoms with E-state index in [1.54, 1.807) is 42.3 Å². The summed E-state index contributed by atoms with van der Waals surface area (Å²) in [4.78, 5) is 17.9. The molecule has 2 aromatic rings. The van der Waals surface area contributed by atoms with Gasteiger partial charge in [0.25, 0.3) is 5.91 Å². The lowest BCUT2D eigenvalue weighted by atomic mass is 10.3. The first-order valence-corrected chi connectivity index (χ1v) is 7.50. The van der Waals surface area contributed by atoms with Gasteiger partial charge < -0.3 is 9.64 Å². The molecule has 1 aromatic heterocycles. The summed E-state index contributed by atoms with van der Waals surface area (Å²) in [6, 6.07) is 12.5. The van der Waals surface area contributed by atoms with E-state index in [9.17, 15) is 4.79 Å². The largest absolute Gasteiger partial charge is 0.490 e. The standard InChI is InChI=1S/C15H14BrClN2O2/c1-19(15(20)12-6-4-8-14(16)18-12)9-10-21-13-7-3-2-5-11(13)17/h2-8H,9-10H2,1H3. The quantitative estimate of drug-likeness (QED) is 0.756. The summed E-state index contributed by atoms with van der Waals surface area (Å²) in [5.41, 5.74) is 0.393. The molecule has 0 aliphatic carbocycles. The van der Waals surface area contributed by atoms with Crippen LogP contribution < -0.4 is 4.74 Å². The van der Waals surface area contributed by atoms with E-state index in [-0.39, 0.29) is 5.91 Å². The van der Waals surface area contributed by atoms with Crippen LogP contribution in [-0.2, 0) is 0 Å². The highest BCUT2D eigenvalue weighted by Crippen LogP contribution is 2.22. The first-order chi connectivity index (χ1) is 10.1. The average Bonchev–Trinajstić information content (AvgIpc) is 2.48. The van der Waals surface area contributed by atoms with Gasteiger partial charge in [-0.15, -0.1) is 0 Å². The molecule has 110 valence electrons. The fourth-order valence-electron chi connectivity index (χ4n) is 1.68. The number of halogens is 2. The summed E-state index contributed by atoms with van der Waals surface area (Å²) in [7, 11) is 1.71. The summed E-state index contributed by atoms with van der Waals surface area (Å²) in [6.07, 6.45) is 0. The summed E-state index contributed by atoms with van der Waals surface area (Å²) < 4.78 is 6.20. The monoisotopic (exact) mass is 368 g/mol. The molecule has 2 rings (SSSR count). The number of likely N-dealkylation sites (N-methyl/N-ethyl adjacent to an activating group) is 1. The van der Waals surface area contributed by atoms with Gasteiger partial charge >= 0.3 is 0 Å². The number of carbonyl (C=O) groups is 1. The number of ether oxygens (including phenoxy) is 1. The van der Waals surface area contributed by atoms with E-state index in [0.717, 1.165) is 0 Å². The first-order valence-electron chi connectivity index (χ1n) is 6.33. The number of nitrogens with zero attached hydrogens (tertiary/aromatic N) is 2. The van der Waals surface area contributed by atoms with Gasteiger partial charge in [0.15, 0.2) is 0 Å². The Morgan fingerprint density at radius 2 is 2.05 bits per heavy atom. The number of aromatic nitrogens is 1. The Morgan fingerprint density at radius 1 is 1.29 bits per heavy atom. The highest BCUT2D eigenvalue weighted by atomic mass is 79.9. The molecule has 1 heterocycles. The predicted molar refractivity (Wildman–Crippen MR) is 85.8 cm³/mol. The first kappa shape index (κ1) is 15.8. The Balaban J connectivity index is 1.89. The van der Waals surface area contributed by atoms with Crippen molar-refractivity contribution in [1.29, 1.82) is 0 Å². The van der Waals surface area contributed by atoms with Crippen molar-refractivity contribution in [2.75, 3.05) is 20.2 Å². The van der Waals surface area contributed by atoms with Gasteiger partial charge in [-0.3, -0.25) is 4.79 Å². The fourth-order valence-corrected chi connectivity index (χ4v) is 2.21. The highest BCUT2D eigenvalue weighted by molar-refractivity contribution is 9.10. The molecule has 0 saturated heterocycles. The van der Waals surface area contributed by atoms with Gasteiger partial charge in [-0.1, -0.05) is 29.8 Å². The summed E-state index contributed by atoms with van der Waals surface area (Å²) >= 11 is 9.24. The molecule has 1 aromatic carbocycles. The maximum absolute atomic E-state index is 12.2. The molecule has 0 radical (unpaired) electrons. The van der Waals surface area contributed by atoms with Crippen molar-refractivity contribution in [3.63, 3.8) is 0 Å². The smallest absolute Gasteiger partial charge is 0.272 e. The van der Waals surface area contributed by atoms with Crippen molar-refractivity contribution in [3.05, 3.63) is 57.8 Å². The number of hydrogen-bond acceptors (Lipinski definition) is 3. The molecule has 0 fully saturated rings. The zero-order chi connectivity index (χ0) is 15.2. The molecule has 0 spiro atoms. The molecule has 0 aliphatic heterocycles. The van der Waals surface area contributed by atoms with Crippen LogP contribution >= 0.6 is 27.5 Å². The van der Waals surface area contributed by atoms with Crippen LogP contribution in [0.2, 0.25) is 5.02 Å². The van der Waals surface area contributed by atoms with Crippen LogP contribution in [0.4, 0.5) is 0 Å². The zero-order valence-electron chi connectivity index (χ0n) is 11.4. The van der Waals surface area contributed by atoms with Crippen LogP contribution in [0.5, 0.6) is 5.75 Å². The lowest BCUT2D eigenvalue weighted by Crippen LogP contribution is -2.31. The molecule has 21 heavy (non-hydrogen) atoms. The highest BCUT2D eigenvalue weighted by Gasteiger charge is 2.13. The summed E-state index contributed by atoms with van der Waals surface area (Å²) in [6.45, 7) is 0.804. The van der Waals surface area contributed by atoms with Crippen molar-refractivity contribution in [2.24, 2.45) is 0 Å². The number of rotatable bonds is 5. The summed E-state index contributed by atoms with van der Waals surface area (Å²) in [5.74, 6) is 0.458. The third-order valence-corrected chi connectivity index (χ3v) is 3.56. The second kappa shape index (κ2) is 7.43. The number of carbonyl (C=O) groups excluding carboxylic acids is 1. The lowest BCUT2D eigenvalue weighted by Gasteiger charge is -2.17. The van der Waals surface area contributed by atoms with Gasteiger partial charge in [0.1, 0.15) is 22.7 Å². The predicted octanol–water partition coefficient (Wildman–Crippen LogP) is 3.65. The van der Waals surface area contributed by atoms with Crippen molar-refractivity contribution >= 4 is 33.4 Å². The maximum atomic E-state index is 12.2. The SMILES string of the molecule is CN(CCOc1ccccc1Cl)C(=O)c1cccc(Br)n1. The van der Waals surface area contributed by atoms with Gasteiger partial charge in [-0.25, -0.2) is 4.98 Å². The molecule has 0 bridgehead atoms. The van der Waals surface area contributed by atoms with Gasteiger partial charge in [0.2, 0.25) is 0 Å². The van der Waals surface area contributed by atoms with E-state index in [2.05, 4.69) is 20.9 Å². The molecular formula is C15H14BrClN2O2. The van der Waals surface area contributed by atoms with Crippen molar-refractivity contribution in [1.82, 2.24) is 9.88 Å². The zero-order valence-corrected chi connectivity index (χ0v) is 13.8. The number of para-hydroxylation sites is 1. The molecule has 0 aliphatic rings. The van der Waals surface area contributed by atoms with Crippen molar-refractivity contribution in [2.45, 2.75) is 0 Å². The second-order valence-corrected chi connectivity index (χ2v) is 5.57. The van der Waals surface area contributed by atoms with Crippen LogP contribution in [0.3, 0.4) is 0 Å². The van der Waals surface area contributed by atoms with E-state index in [1.165, 1.54) is 0 Å². The minimum atomic E-state index is -0.154. The molecule has 0 unspecified atom stereocenters. The molecular weight excluding hydrogens is 356 g/mol. The molecule has 0 saturated carbocycles. The van der Waals surface area contributed by atoms with Gasteiger partial charge in [0.05, 0.1) is 11.6 Å². The number of amides is 1. The van der Waals surface area contributed by atoms with Crippen LogP contribution in [0, 0.1) is 0 Å². The van der Waals surface area contributed by atoms with E-state index < -0.39 is 0 Å². The number of benzene rings is 1. The van der Waals surface area contributed by atoms with E-state index in [1.807, 2.05) is 12.1 Å². The lowest BCUT2D eigenvalue weighted by molar-refractivity contribution is 0.0768. The normalized spacial score (nSPS) is 10.2. The van der Waals surface area contributed by atoms with E-state index in [4.69, 9.17) is 16.3 Å². The average molecular weight is 370 g/mol. The van der Waals surface area contributed by atoms with E-state index >= 15 is 0 Å². The topological polar surface area (TPSA) is 42.4 Å². The van der Waals surface area contributed by atoms with Crippen LogP contribution in [0.25, 0.3) is 0 Å². The van der Waals surface area contributed by atoms with Gasteiger partial charge in [-0.05, 0) is 40.2 Å². The van der Waals surface area contributed by atoms with Crippen LogP contribution in [0.15, 0.2) is 47.1 Å². The molecule has 1 amide bonds. The molecule has 6 heteroatoms. The maximum Gasteiger partial charge on any atom is 0.272 e. The van der Waals surface area contributed by atoms with Gasteiger partial charge in [-0.2, -0.15) is 0 Å². The summed E-state index contributed by atoms with van der Waals surface area (Å²) in [5, 5.41) is 0.556. The Labute approximate surface area is 136 Å². The molecule has 0 N–H and O–H groups in total. The third kappa shape index (κ3) is 4.44. The van der Waals surface area contributed by atoms with Crippen molar-refractivity contribution < 1.29 is 9.53 Å². The Bertz CT molecular complexity index is 637. The van der Waals surface area contributed by atoms with Crippen LogP contribution in [0.1, 0.15) is 10.5 Å². The fraction of sp³-hybridized carbons (Fsp3) is 0.200. The minimum absolute atomic E-state index is 0.154. The number of pyridine rings is 1. The minimum Gasteiger partial charge on any atom is -0.490 e. The van der Waals surface area contributed by atoms with Crippen LogP contribution in [-0.4, -0.2) is 36.0 Å². The van der Waals surface area contributed by atoms with E-state index in [0.29, 0.717) is 34.2 Å². The van der Waals surface area contributed by atoms with Gasteiger partial charge in [0, 0.05) is 7.05 Å². The molecule has 4 nitrogen and oxygen atoms in total. The second-order valence-electron chi connectivity index (χ2n) is 4.35.